The largest absolute Gasteiger partial charge is 0.497 e. The van der Waals surface area contributed by atoms with E-state index in [9.17, 15) is 4.79 Å². The van der Waals surface area contributed by atoms with Gasteiger partial charge in [-0.05, 0) is 60.7 Å². The average Bonchev–Trinajstić information content (AvgIpc) is 3.51. The molecule has 0 aliphatic carbocycles. The van der Waals surface area contributed by atoms with E-state index in [1.54, 1.807) is 18.4 Å². The summed E-state index contributed by atoms with van der Waals surface area (Å²) in [7, 11) is 1.61. The molecule has 0 saturated heterocycles. The molecule has 0 atom stereocenters. The molecular weight excluding hydrogens is 436 g/mol. The SMILES string of the molecule is COc1ccc(-c2noc(CCC(=O)Nc3ccc(-c4nc5ccccc5s4)cc3)n2)cc1. The second-order valence-electron chi connectivity index (χ2n) is 7.35. The maximum atomic E-state index is 12.4. The van der Waals surface area contributed by atoms with E-state index in [2.05, 4.69) is 26.5 Å². The minimum atomic E-state index is -0.119. The van der Waals surface area contributed by atoms with Crippen LogP contribution in [0, 0.1) is 0 Å². The Hall–Kier alpha value is -4.04. The van der Waals surface area contributed by atoms with E-state index in [-0.39, 0.29) is 12.3 Å². The van der Waals surface area contributed by atoms with Gasteiger partial charge in [0.2, 0.25) is 17.6 Å². The van der Waals surface area contributed by atoms with Crippen LogP contribution in [0.5, 0.6) is 5.75 Å². The van der Waals surface area contributed by atoms with Gasteiger partial charge in [-0.2, -0.15) is 4.98 Å². The minimum Gasteiger partial charge on any atom is -0.497 e. The molecule has 0 aliphatic heterocycles. The van der Waals surface area contributed by atoms with Gasteiger partial charge in [-0.25, -0.2) is 4.98 Å². The number of amides is 1. The Morgan fingerprint density at radius 2 is 1.73 bits per heavy atom. The first-order chi connectivity index (χ1) is 16.2. The van der Waals surface area contributed by atoms with Crippen LogP contribution in [0.25, 0.3) is 32.2 Å². The topological polar surface area (TPSA) is 90.1 Å². The number of para-hydroxylation sites is 1. The number of nitrogens with zero attached hydrogens (tertiary/aromatic N) is 3. The van der Waals surface area contributed by atoms with Crippen molar-refractivity contribution in [2.75, 3.05) is 12.4 Å². The third kappa shape index (κ3) is 4.75. The molecule has 0 saturated carbocycles. The molecule has 3 aromatic carbocycles. The van der Waals surface area contributed by atoms with Crippen LogP contribution < -0.4 is 10.1 Å². The predicted octanol–water partition coefficient (Wildman–Crippen LogP) is 5.59. The van der Waals surface area contributed by atoms with Gasteiger partial charge in [-0.1, -0.05) is 17.3 Å². The number of methoxy groups -OCH3 is 1. The summed E-state index contributed by atoms with van der Waals surface area (Å²) in [5.74, 6) is 1.54. The Kier molecular flexibility index (Phi) is 5.82. The second-order valence-corrected chi connectivity index (χ2v) is 8.38. The van der Waals surface area contributed by atoms with Crippen LogP contribution in [0.15, 0.2) is 77.3 Å². The van der Waals surface area contributed by atoms with E-state index < -0.39 is 0 Å². The maximum Gasteiger partial charge on any atom is 0.227 e. The van der Waals surface area contributed by atoms with Gasteiger partial charge < -0.3 is 14.6 Å². The van der Waals surface area contributed by atoms with Gasteiger partial charge in [0.25, 0.3) is 0 Å². The van der Waals surface area contributed by atoms with Gasteiger partial charge >= 0.3 is 0 Å². The summed E-state index contributed by atoms with van der Waals surface area (Å²) in [6.45, 7) is 0. The Morgan fingerprint density at radius 3 is 2.48 bits per heavy atom. The van der Waals surface area contributed by atoms with Crippen molar-refractivity contribution in [1.82, 2.24) is 15.1 Å². The summed E-state index contributed by atoms with van der Waals surface area (Å²) < 4.78 is 11.6. The number of carbonyl (C=O) groups is 1. The number of ether oxygens (including phenoxy) is 1. The molecule has 2 aromatic heterocycles. The van der Waals surface area contributed by atoms with Crippen molar-refractivity contribution in [3.05, 3.63) is 78.7 Å². The van der Waals surface area contributed by atoms with Crippen LogP contribution in [0.4, 0.5) is 5.69 Å². The average molecular weight is 457 g/mol. The van der Waals surface area contributed by atoms with Crippen LogP contribution in [0.3, 0.4) is 0 Å². The number of benzene rings is 3. The molecule has 1 N–H and O–H groups in total. The predicted molar refractivity (Wildman–Crippen MR) is 128 cm³/mol. The zero-order valence-corrected chi connectivity index (χ0v) is 18.6. The standard InChI is InChI=1S/C25H20N4O3S/c1-31-19-12-8-16(9-13-19)24-28-23(32-29-24)15-14-22(30)26-18-10-6-17(7-11-18)25-27-20-4-2-3-5-21(20)33-25/h2-13H,14-15H2,1H3,(H,26,30). The molecule has 0 spiro atoms. The summed E-state index contributed by atoms with van der Waals surface area (Å²) in [5, 5.41) is 7.86. The molecule has 8 heteroatoms. The first kappa shape index (κ1) is 20.8. The van der Waals surface area contributed by atoms with Crippen LogP contribution in [-0.2, 0) is 11.2 Å². The van der Waals surface area contributed by atoms with E-state index in [4.69, 9.17) is 9.26 Å². The number of carbonyl (C=O) groups excluding carboxylic acids is 1. The lowest BCUT2D eigenvalue weighted by Crippen LogP contribution is -2.12. The van der Waals surface area contributed by atoms with E-state index in [0.717, 1.165) is 37.8 Å². The molecular formula is C25H20N4O3S. The van der Waals surface area contributed by atoms with Crippen molar-refractivity contribution < 1.29 is 14.1 Å². The third-order valence-electron chi connectivity index (χ3n) is 5.09. The van der Waals surface area contributed by atoms with Crippen molar-refractivity contribution in [3.63, 3.8) is 0 Å². The highest BCUT2D eigenvalue weighted by atomic mass is 32.1. The number of aryl methyl sites for hydroxylation is 1. The van der Waals surface area contributed by atoms with Gasteiger partial charge in [-0.15, -0.1) is 11.3 Å². The van der Waals surface area contributed by atoms with E-state index in [0.29, 0.717) is 18.1 Å². The molecule has 5 aromatic rings. The molecule has 0 fully saturated rings. The van der Waals surface area contributed by atoms with Crippen LogP contribution in [0.1, 0.15) is 12.3 Å². The van der Waals surface area contributed by atoms with Gasteiger partial charge in [0.15, 0.2) is 0 Å². The summed E-state index contributed by atoms with van der Waals surface area (Å²) >= 11 is 1.65. The maximum absolute atomic E-state index is 12.4. The van der Waals surface area contributed by atoms with Gasteiger partial charge in [0.1, 0.15) is 10.8 Å². The molecule has 0 aliphatic rings. The summed E-state index contributed by atoms with van der Waals surface area (Å²) in [4.78, 5) is 21.4. The number of thiazole rings is 1. The quantitative estimate of drug-likeness (QED) is 0.343. The van der Waals surface area contributed by atoms with E-state index in [1.807, 2.05) is 66.7 Å². The Balaban J connectivity index is 1.17. The highest BCUT2D eigenvalue weighted by molar-refractivity contribution is 7.21. The van der Waals surface area contributed by atoms with Crippen LogP contribution in [-0.4, -0.2) is 28.1 Å². The zero-order valence-electron chi connectivity index (χ0n) is 17.8. The van der Waals surface area contributed by atoms with Crippen molar-refractivity contribution in [1.29, 1.82) is 0 Å². The number of nitrogens with one attached hydrogen (secondary N) is 1. The number of hydrogen-bond donors (Lipinski definition) is 1. The number of fused-ring (bicyclic) bond motifs is 1. The first-order valence-corrected chi connectivity index (χ1v) is 11.2. The molecule has 164 valence electrons. The van der Waals surface area contributed by atoms with Crippen molar-refractivity contribution in [3.8, 4) is 27.7 Å². The summed E-state index contributed by atoms with van der Waals surface area (Å²) in [6.07, 6.45) is 0.600. The van der Waals surface area contributed by atoms with Crippen LogP contribution in [0.2, 0.25) is 0 Å². The van der Waals surface area contributed by atoms with Crippen molar-refractivity contribution in [2.24, 2.45) is 0 Å². The first-order valence-electron chi connectivity index (χ1n) is 10.4. The minimum absolute atomic E-state index is 0.119. The number of aromatic nitrogens is 3. The van der Waals surface area contributed by atoms with Gasteiger partial charge in [0, 0.05) is 29.7 Å². The fourth-order valence-corrected chi connectivity index (χ4v) is 4.32. The molecule has 2 heterocycles. The molecule has 1 amide bonds. The van der Waals surface area contributed by atoms with Gasteiger partial charge in [-0.3, -0.25) is 4.79 Å². The zero-order chi connectivity index (χ0) is 22.6. The van der Waals surface area contributed by atoms with Gasteiger partial charge in [0.05, 0.1) is 17.3 Å². The monoisotopic (exact) mass is 456 g/mol. The van der Waals surface area contributed by atoms with E-state index >= 15 is 0 Å². The Labute approximate surface area is 194 Å². The highest BCUT2D eigenvalue weighted by Crippen LogP contribution is 2.30. The summed E-state index contributed by atoms with van der Waals surface area (Å²) in [5.41, 5.74) is 3.56. The van der Waals surface area contributed by atoms with Crippen LogP contribution >= 0.6 is 11.3 Å². The lowest BCUT2D eigenvalue weighted by molar-refractivity contribution is -0.116. The third-order valence-corrected chi connectivity index (χ3v) is 6.18. The molecule has 0 radical (unpaired) electrons. The fraction of sp³-hybridized carbons (Fsp3) is 0.120. The lowest BCUT2D eigenvalue weighted by Gasteiger charge is -2.05. The Morgan fingerprint density at radius 1 is 0.970 bits per heavy atom. The highest BCUT2D eigenvalue weighted by Gasteiger charge is 2.12. The Bertz CT molecular complexity index is 1360. The molecule has 7 nitrogen and oxygen atoms in total. The molecule has 33 heavy (non-hydrogen) atoms. The normalized spacial score (nSPS) is 10.9. The molecule has 0 unspecified atom stereocenters. The van der Waals surface area contributed by atoms with E-state index in [1.165, 1.54) is 0 Å². The fourth-order valence-electron chi connectivity index (χ4n) is 3.35. The smallest absolute Gasteiger partial charge is 0.227 e. The number of rotatable bonds is 7. The number of hydrogen-bond acceptors (Lipinski definition) is 7. The molecule has 5 rings (SSSR count). The lowest BCUT2D eigenvalue weighted by atomic mass is 10.2. The second kappa shape index (κ2) is 9.22. The summed E-state index contributed by atoms with van der Waals surface area (Å²) in [6, 6.07) is 23.1. The number of anilines is 1. The molecule has 0 bridgehead atoms. The van der Waals surface area contributed by atoms with Crippen molar-refractivity contribution >= 4 is 33.1 Å². The van der Waals surface area contributed by atoms with Crippen molar-refractivity contribution in [2.45, 2.75) is 12.8 Å².